The Morgan fingerprint density at radius 2 is 1.53 bits per heavy atom. The first-order valence-electron chi connectivity index (χ1n) is 7.49. The van der Waals surface area contributed by atoms with Gasteiger partial charge in [-0.3, -0.25) is 0 Å². The van der Waals surface area contributed by atoms with E-state index in [4.69, 9.17) is 0 Å². The molecule has 0 atom stereocenters. The van der Waals surface area contributed by atoms with Gasteiger partial charge in [0.25, 0.3) is 0 Å². The van der Waals surface area contributed by atoms with Crippen molar-refractivity contribution in [3.8, 4) is 0 Å². The Kier molecular flexibility index (Phi) is 3.68. The Bertz CT molecular complexity index is 552. The SMILES string of the molecule is Cc1ccc(CCc2ccccc2)c2c1CCCC2. The van der Waals surface area contributed by atoms with E-state index < -0.39 is 0 Å². The minimum atomic E-state index is 1.16. The topological polar surface area (TPSA) is 0 Å². The van der Waals surface area contributed by atoms with Crippen LogP contribution in [0.5, 0.6) is 0 Å². The lowest BCUT2D eigenvalue weighted by atomic mass is 9.84. The third-order valence-electron chi connectivity index (χ3n) is 4.39. The molecule has 0 aromatic heterocycles. The third kappa shape index (κ3) is 2.73. The van der Waals surface area contributed by atoms with Crippen LogP contribution in [0.25, 0.3) is 0 Å². The normalized spacial score (nSPS) is 14.2. The van der Waals surface area contributed by atoms with Gasteiger partial charge in [-0.05, 0) is 73.3 Å². The van der Waals surface area contributed by atoms with E-state index in [0.717, 1.165) is 6.42 Å². The quantitative estimate of drug-likeness (QED) is 0.743. The molecule has 0 unspecified atom stereocenters. The molecule has 3 rings (SSSR count). The molecule has 0 spiro atoms. The van der Waals surface area contributed by atoms with Crippen LogP contribution in [0.1, 0.15) is 40.7 Å². The van der Waals surface area contributed by atoms with Crippen molar-refractivity contribution >= 4 is 0 Å². The maximum atomic E-state index is 2.36. The molecule has 1 aliphatic rings. The summed E-state index contributed by atoms with van der Waals surface area (Å²) in [5.74, 6) is 0. The van der Waals surface area contributed by atoms with Gasteiger partial charge in [0.1, 0.15) is 0 Å². The van der Waals surface area contributed by atoms with Gasteiger partial charge in [-0.2, -0.15) is 0 Å². The molecule has 0 bridgehead atoms. The molecule has 2 aromatic carbocycles. The maximum absolute atomic E-state index is 2.36. The molecule has 0 saturated heterocycles. The number of hydrogen-bond donors (Lipinski definition) is 0. The molecule has 0 N–H and O–H groups in total. The van der Waals surface area contributed by atoms with Crippen LogP contribution in [0.4, 0.5) is 0 Å². The second kappa shape index (κ2) is 5.61. The lowest BCUT2D eigenvalue weighted by molar-refractivity contribution is 0.673. The van der Waals surface area contributed by atoms with Crippen molar-refractivity contribution in [2.45, 2.75) is 45.4 Å². The molecule has 0 saturated carbocycles. The van der Waals surface area contributed by atoms with Crippen LogP contribution < -0.4 is 0 Å². The summed E-state index contributed by atoms with van der Waals surface area (Å²) in [6.07, 6.45) is 7.68. The summed E-state index contributed by atoms with van der Waals surface area (Å²) in [4.78, 5) is 0. The van der Waals surface area contributed by atoms with E-state index >= 15 is 0 Å². The van der Waals surface area contributed by atoms with Gasteiger partial charge in [-0.25, -0.2) is 0 Å². The Hall–Kier alpha value is -1.56. The van der Waals surface area contributed by atoms with Gasteiger partial charge in [-0.15, -0.1) is 0 Å². The highest BCUT2D eigenvalue weighted by Gasteiger charge is 2.14. The third-order valence-corrected chi connectivity index (χ3v) is 4.39. The van der Waals surface area contributed by atoms with Crippen LogP contribution in [0.15, 0.2) is 42.5 Å². The molecule has 0 nitrogen and oxygen atoms in total. The highest BCUT2D eigenvalue weighted by Crippen LogP contribution is 2.28. The number of aryl methyl sites for hydroxylation is 3. The summed E-state index contributed by atoms with van der Waals surface area (Å²) < 4.78 is 0. The molecule has 0 aliphatic heterocycles. The molecule has 0 heterocycles. The van der Waals surface area contributed by atoms with Gasteiger partial charge in [0.05, 0.1) is 0 Å². The number of rotatable bonds is 3. The van der Waals surface area contributed by atoms with E-state index in [0.29, 0.717) is 0 Å². The Labute approximate surface area is 116 Å². The minimum Gasteiger partial charge on any atom is -0.0622 e. The summed E-state index contributed by atoms with van der Waals surface area (Å²) in [7, 11) is 0. The van der Waals surface area contributed by atoms with Gasteiger partial charge < -0.3 is 0 Å². The maximum Gasteiger partial charge on any atom is -0.0235 e. The predicted octanol–water partition coefficient (Wildman–Crippen LogP) is 4.66. The minimum absolute atomic E-state index is 1.16. The lowest BCUT2D eigenvalue weighted by Crippen LogP contribution is -2.09. The standard InChI is InChI=1S/C19H22/c1-15-11-13-17(19-10-6-5-9-18(15)19)14-12-16-7-3-2-4-8-16/h2-4,7-8,11,13H,5-6,9-10,12,14H2,1H3. The zero-order valence-electron chi connectivity index (χ0n) is 11.8. The van der Waals surface area contributed by atoms with Crippen molar-refractivity contribution in [1.29, 1.82) is 0 Å². The zero-order valence-corrected chi connectivity index (χ0v) is 11.8. The van der Waals surface area contributed by atoms with Gasteiger partial charge >= 0.3 is 0 Å². The fraction of sp³-hybridized carbons (Fsp3) is 0.368. The highest BCUT2D eigenvalue weighted by molar-refractivity contribution is 5.42. The Morgan fingerprint density at radius 3 is 2.32 bits per heavy atom. The van der Waals surface area contributed by atoms with Crippen molar-refractivity contribution in [3.05, 3.63) is 70.3 Å². The van der Waals surface area contributed by atoms with Gasteiger partial charge in [0, 0.05) is 0 Å². The molecule has 19 heavy (non-hydrogen) atoms. The summed E-state index contributed by atoms with van der Waals surface area (Å²) >= 11 is 0. The highest BCUT2D eigenvalue weighted by atomic mass is 14.2. The van der Waals surface area contributed by atoms with Crippen molar-refractivity contribution in [1.82, 2.24) is 0 Å². The number of fused-ring (bicyclic) bond motifs is 1. The van der Waals surface area contributed by atoms with Crippen molar-refractivity contribution < 1.29 is 0 Å². The molecule has 1 aliphatic carbocycles. The van der Waals surface area contributed by atoms with Crippen molar-refractivity contribution in [2.75, 3.05) is 0 Å². The molecule has 0 fully saturated rings. The Morgan fingerprint density at radius 1 is 0.789 bits per heavy atom. The van der Waals surface area contributed by atoms with E-state index in [1.54, 1.807) is 16.7 Å². The lowest BCUT2D eigenvalue weighted by Gasteiger charge is -2.21. The molecule has 98 valence electrons. The molecule has 0 radical (unpaired) electrons. The van der Waals surface area contributed by atoms with E-state index in [2.05, 4.69) is 49.4 Å². The fourth-order valence-electron chi connectivity index (χ4n) is 3.28. The summed E-state index contributed by atoms with van der Waals surface area (Å²) in [5, 5.41) is 0. The van der Waals surface area contributed by atoms with Gasteiger partial charge in [-0.1, -0.05) is 42.5 Å². The monoisotopic (exact) mass is 250 g/mol. The van der Waals surface area contributed by atoms with Crippen LogP contribution in [0.2, 0.25) is 0 Å². The van der Waals surface area contributed by atoms with Crippen LogP contribution in [0.3, 0.4) is 0 Å². The Balaban J connectivity index is 1.81. The van der Waals surface area contributed by atoms with Crippen LogP contribution >= 0.6 is 0 Å². The van der Waals surface area contributed by atoms with Gasteiger partial charge in [0.15, 0.2) is 0 Å². The largest absolute Gasteiger partial charge is 0.0622 e. The summed E-state index contributed by atoms with van der Waals surface area (Å²) in [6, 6.07) is 15.5. The summed E-state index contributed by atoms with van der Waals surface area (Å²) in [5.41, 5.74) is 7.86. The molecule has 0 heteroatoms. The first kappa shape index (κ1) is 12.5. The van der Waals surface area contributed by atoms with E-state index in [1.807, 2.05) is 0 Å². The zero-order chi connectivity index (χ0) is 13.1. The first-order valence-corrected chi connectivity index (χ1v) is 7.49. The number of hydrogen-bond acceptors (Lipinski definition) is 0. The van der Waals surface area contributed by atoms with E-state index in [9.17, 15) is 0 Å². The smallest absolute Gasteiger partial charge is 0.0235 e. The molecule has 0 amide bonds. The average molecular weight is 250 g/mol. The molecule has 2 aromatic rings. The van der Waals surface area contributed by atoms with Gasteiger partial charge in [0.2, 0.25) is 0 Å². The van der Waals surface area contributed by atoms with E-state index in [-0.39, 0.29) is 0 Å². The average Bonchev–Trinajstić information content (AvgIpc) is 2.48. The van der Waals surface area contributed by atoms with Crippen molar-refractivity contribution in [2.24, 2.45) is 0 Å². The fourth-order valence-corrected chi connectivity index (χ4v) is 3.28. The second-order valence-corrected chi connectivity index (χ2v) is 5.69. The molecular weight excluding hydrogens is 228 g/mol. The van der Waals surface area contributed by atoms with Crippen LogP contribution in [0, 0.1) is 6.92 Å². The summed E-state index contributed by atoms with van der Waals surface area (Å²) in [6.45, 7) is 2.27. The predicted molar refractivity (Wildman–Crippen MR) is 81.7 cm³/mol. The number of benzene rings is 2. The van der Waals surface area contributed by atoms with E-state index in [1.165, 1.54) is 43.2 Å². The second-order valence-electron chi connectivity index (χ2n) is 5.69. The first-order chi connectivity index (χ1) is 9.34. The van der Waals surface area contributed by atoms with Crippen molar-refractivity contribution in [3.63, 3.8) is 0 Å². The van der Waals surface area contributed by atoms with Crippen LogP contribution in [-0.4, -0.2) is 0 Å². The van der Waals surface area contributed by atoms with Crippen LogP contribution in [-0.2, 0) is 25.7 Å². The molecular formula is C19H22.